The number of hydrogen-bond acceptors (Lipinski definition) is 2. The molecule has 1 unspecified atom stereocenters. The third kappa shape index (κ3) is 3.02. The lowest BCUT2D eigenvalue weighted by Crippen LogP contribution is -2.46. The van der Waals surface area contributed by atoms with Crippen LogP contribution in [-0.4, -0.2) is 37.3 Å². The van der Waals surface area contributed by atoms with Gasteiger partial charge in [-0.2, -0.15) is 8.78 Å². The molecule has 0 aliphatic rings. The zero-order chi connectivity index (χ0) is 15.5. The molecule has 0 spiro atoms. The molecule has 0 fully saturated rings. The summed E-state index contributed by atoms with van der Waals surface area (Å²) in [7, 11) is 2.44. The lowest BCUT2D eigenvalue weighted by Gasteiger charge is -2.29. The molecule has 0 saturated carbocycles. The van der Waals surface area contributed by atoms with Crippen LogP contribution in [0.25, 0.3) is 0 Å². The molecule has 1 atom stereocenters. The molecule has 20 heavy (non-hydrogen) atoms. The smallest absolute Gasteiger partial charge is 0.383 e. The highest BCUT2D eigenvalue weighted by atomic mass is 19.3. The summed E-state index contributed by atoms with van der Waals surface area (Å²) in [5.41, 5.74) is 0.455. The molecule has 3 nitrogen and oxygen atoms in total. The molecule has 0 N–H and O–H groups in total. The third-order valence-electron chi connectivity index (χ3n) is 3.05. The highest BCUT2D eigenvalue weighted by molar-refractivity contribution is 5.84. The molecule has 0 bridgehead atoms. The number of hydrogen-bond donors (Lipinski definition) is 0. The van der Waals surface area contributed by atoms with Gasteiger partial charge in [-0.05, 0) is 13.0 Å². The van der Waals surface area contributed by atoms with E-state index in [1.54, 1.807) is 24.3 Å². The molecular weight excluding hydrogens is 278 g/mol. The van der Waals surface area contributed by atoms with Gasteiger partial charge >= 0.3 is 12.3 Å². The second-order valence-corrected chi connectivity index (χ2v) is 4.26. The molecular formula is C13H15F4NO2. The normalized spacial score (nSPS) is 13.2. The topological polar surface area (TPSA) is 29.5 Å². The van der Waals surface area contributed by atoms with Crippen LogP contribution in [0.4, 0.5) is 17.6 Å². The van der Waals surface area contributed by atoms with Crippen molar-refractivity contribution in [2.45, 2.75) is 25.3 Å². The monoisotopic (exact) mass is 293 g/mol. The standard InChI is InChI=1S/C13H15F4NO2/c1-8(9-6-4-5-7-10(9)20-3)18(2)12(19)13(16,17)11(14)15/h4-8,11H,1-3H3. The molecule has 0 aliphatic carbocycles. The summed E-state index contributed by atoms with van der Waals surface area (Å²) in [6.45, 7) is 1.46. The van der Waals surface area contributed by atoms with Crippen LogP contribution in [-0.2, 0) is 4.79 Å². The molecule has 0 saturated heterocycles. The number of nitrogens with zero attached hydrogens (tertiary/aromatic N) is 1. The number of methoxy groups -OCH3 is 1. The molecule has 1 amide bonds. The number of alkyl halides is 4. The van der Waals surface area contributed by atoms with Crippen molar-refractivity contribution in [1.82, 2.24) is 4.90 Å². The highest BCUT2D eigenvalue weighted by Gasteiger charge is 2.51. The predicted octanol–water partition coefficient (Wildman–Crippen LogP) is 3.12. The maximum Gasteiger partial charge on any atom is 0.383 e. The van der Waals surface area contributed by atoms with E-state index in [1.807, 2.05) is 0 Å². The van der Waals surface area contributed by atoms with Crippen molar-refractivity contribution < 1.29 is 27.1 Å². The minimum Gasteiger partial charge on any atom is -0.496 e. The van der Waals surface area contributed by atoms with Crippen LogP contribution in [0.15, 0.2) is 24.3 Å². The lowest BCUT2D eigenvalue weighted by atomic mass is 10.1. The Labute approximate surface area is 114 Å². The fourth-order valence-corrected chi connectivity index (χ4v) is 1.72. The molecule has 0 aromatic heterocycles. The van der Waals surface area contributed by atoms with Crippen molar-refractivity contribution in [3.05, 3.63) is 29.8 Å². The first-order valence-electron chi connectivity index (χ1n) is 5.79. The van der Waals surface area contributed by atoms with Crippen molar-refractivity contribution in [3.8, 4) is 5.75 Å². The molecule has 1 rings (SSSR count). The Morgan fingerprint density at radius 3 is 2.35 bits per heavy atom. The van der Waals surface area contributed by atoms with Crippen LogP contribution >= 0.6 is 0 Å². The molecule has 1 aromatic rings. The first kappa shape index (κ1) is 16.3. The molecule has 1 aromatic carbocycles. The summed E-state index contributed by atoms with van der Waals surface area (Å²) in [5, 5.41) is 0. The van der Waals surface area contributed by atoms with Gasteiger partial charge in [0.1, 0.15) is 5.75 Å². The SMILES string of the molecule is COc1ccccc1C(C)N(C)C(=O)C(F)(F)C(F)F. The van der Waals surface area contributed by atoms with Crippen molar-refractivity contribution in [2.75, 3.05) is 14.2 Å². The quantitative estimate of drug-likeness (QED) is 0.781. The first-order valence-corrected chi connectivity index (χ1v) is 5.79. The summed E-state index contributed by atoms with van der Waals surface area (Å²) in [6, 6.07) is 5.65. The van der Waals surface area contributed by atoms with Gasteiger partial charge in [0.15, 0.2) is 0 Å². The number of ether oxygens (including phenoxy) is 1. The average Bonchev–Trinajstić information content (AvgIpc) is 2.44. The summed E-state index contributed by atoms with van der Waals surface area (Å²) < 4.78 is 55.6. The highest BCUT2D eigenvalue weighted by Crippen LogP contribution is 2.32. The van der Waals surface area contributed by atoms with Gasteiger partial charge in [-0.25, -0.2) is 8.78 Å². The van der Waals surface area contributed by atoms with E-state index in [-0.39, 0.29) is 0 Å². The van der Waals surface area contributed by atoms with E-state index in [0.717, 1.165) is 7.05 Å². The fourth-order valence-electron chi connectivity index (χ4n) is 1.72. The maximum absolute atomic E-state index is 13.1. The number of benzene rings is 1. The zero-order valence-electron chi connectivity index (χ0n) is 11.2. The molecule has 0 heterocycles. The zero-order valence-corrected chi connectivity index (χ0v) is 11.2. The Balaban J connectivity index is 3.03. The van der Waals surface area contributed by atoms with Gasteiger partial charge in [0.25, 0.3) is 5.91 Å². The number of para-hydroxylation sites is 1. The Morgan fingerprint density at radius 2 is 1.85 bits per heavy atom. The maximum atomic E-state index is 13.1. The van der Waals surface area contributed by atoms with Gasteiger partial charge in [-0.15, -0.1) is 0 Å². The lowest BCUT2D eigenvalue weighted by molar-refractivity contribution is -0.181. The number of rotatable bonds is 5. The van der Waals surface area contributed by atoms with E-state index in [0.29, 0.717) is 16.2 Å². The van der Waals surface area contributed by atoms with Crippen LogP contribution in [0.2, 0.25) is 0 Å². The van der Waals surface area contributed by atoms with Gasteiger partial charge in [0, 0.05) is 12.6 Å². The number of carbonyl (C=O) groups excluding carboxylic acids is 1. The second-order valence-electron chi connectivity index (χ2n) is 4.26. The Bertz CT molecular complexity index is 479. The van der Waals surface area contributed by atoms with E-state index >= 15 is 0 Å². The van der Waals surface area contributed by atoms with Crippen LogP contribution in [0.1, 0.15) is 18.5 Å². The second kappa shape index (κ2) is 6.11. The van der Waals surface area contributed by atoms with E-state index in [2.05, 4.69) is 0 Å². The molecule has 0 radical (unpaired) electrons. The number of amides is 1. The first-order chi connectivity index (χ1) is 9.23. The third-order valence-corrected chi connectivity index (χ3v) is 3.05. The Hall–Kier alpha value is -1.79. The van der Waals surface area contributed by atoms with Gasteiger partial charge < -0.3 is 9.64 Å². The Morgan fingerprint density at radius 1 is 1.30 bits per heavy atom. The van der Waals surface area contributed by atoms with Crippen molar-refractivity contribution in [1.29, 1.82) is 0 Å². The van der Waals surface area contributed by atoms with E-state index in [4.69, 9.17) is 4.74 Å². The van der Waals surface area contributed by atoms with Crippen molar-refractivity contribution in [3.63, 3.8) is 0 Å². The van der Waals surface area contributed by atoms with Crippen molar-refractivity contribution in [2.24, 2.45) is 0 Å². The van der Waals surface area contributed by atoms with Crippen LogP contribution < -0.4 is 4.74 Å². The number of carbonyl (C=O) groups is 1. The van der Waals surface area contributed by atoms with Crippen LogP contribution in [0, 0.1) is 0 Å². The van der Waals surface area contributed by atoms with E-state index < -0.39 is 24.3 Å². The van der Waals surface area contributed by atoms with Gasteiger partial charge in [0.2, 0.25) is 0 Å². The largest absolute Gasteiger partial charge is 0.496 e. The summed E-state index contributed by atoms with van der Waals surface area (Å²) >= 11 is 0. The summed E-state index contributed by atoms with van der Waals surface area (Å²) in [6.07, 6.45) is -4.04. The minimum atomic E-state index is -4.70. The fraction of sp³-hybridized carbons (Fsp3) is 0.462. The average molecular weight is 293 g/mol. The molecule has 0 aliphatic heterocycles. The van der Waals surface area contributed by atoms with Crippen molar-refractivity contribution >= 4 is 5.91 Å². The predicted molar refractivity (Wildman–Crippen MR) is 65.1 cm³/mol. The van der Waals surface area contributed by atoms with Gasteiger partial charge in [-0.1, -0.05) is 18.2 Å². The molecule has 112 valence electrons. The van der Waals surface area contributed by atoms with Crippen LogP contribution in [0.5, 0.6) is 5.75 Å². The molecule has 7 heteroatoms. The minimum absolute atomic E-state index is 0.389. The van der Waals surface area contributed by atoms with Gasteiger partial charge in [-0.3, -0.25) is 4.79 Å². The number of halogens is 4. The Kier molecular flexibility index (Phi) is 4.97. The van der Waals surface area contributed by atoms with E-state index in [9.17, 15) is 22.4 Å². The van der Waals surface area contributed by atoms with Gasteiger partial charge in [0.05, 0.1) is 13.2 Å². The van der Waals surface area contributed by atoms with Crippen LogP contribution in [0.3, 0.4) is 0 Å². The van der Waals surface area contributed by atoms with E-state index in [1.165, 1.54) is 14.0 Å². The summed E-state index contributed by atoms with van der Waals surface area (Å²) in [5.74, 6) is -6.24. The summed E-state index contributed by atoms with van der Waals surface area (Å²) in [4.78, 5) is 12.1.